The molecule has 1 saturated carbocycles. The Labute approximate surface area is 123 Å². The molecule has 1 aliphatic carbocycles. The van der Waals surface area contributed by atoms with Crippen molar-refractivity contribution in [2.45, 2.75) is 24.8 Å². The van der Waals surface area contributed by atoms with Crippen LogP contribution in [0.25, 0.3) is 0 Å². The molecular weight excluding hydrogens is 278 g/mol. The van der Waals surface area contributed by atoms with Gasteiger partial charge in [-0.25, -0.2) is 10.8 Å². The molecule has 20 heavy (non-hydrogen) atoms. The molecule has 7 heteroatoms. The quantitative estimate of drug-likeness (QED) is 0.562. The number of rotatable bonds is 5. The monoisotopic (exact) mass is 297 g/mol. The van der Waals surface area contributed by atoms with Crippen LogP contribution >= 0.6 is 11.6 Å². The number of hydrogen-bond donors (Lipinski definition) is 3. The molecule has 0 radical (unpaired) electrons. The van der Waals surface area contributed by atoms with Gasteiger partial charge in [0.15, 0.2) is 0 Å². The van der Waals surface area contributed by atoms with Gasteiger partial charge in [-0.05, 0) is 45.5 Å². The second-order valence-electron chi connectivity index (χ2n) is 5.33. The van der Waals surface area contributed by atoms with E-state index in [1.807, 2.05) is 14.1 Å². The van der Waals surface area contributed by atoms with E-state index in [-0.39, 0.29) is 17.1 Å². The summed E-state index contributed by atoms with van der Waals surface area (Å²) in [6.07, 6.45) is 3.37. The van der Waals surface area contributed by atoms with Crippen LogP contribution in [0.1, 0.15) is 29.8 Å². The fraction of sp³-hybridized carbons (Fsp3) is 0.538. The lowest BCUT2D eigenvalue weighted by molar-refractivity contribution is 0.0556. The molecule has 0 aromatic carbocycles. The molecule has 1 heterocycles. The van der Waals surface area contributed by atoms with Gasteiger partial charge in [-0.2, -0.15) is 0 Å². The molecule has 110 valence electrons. The number of aromatic nitrogens is 1. The third-order valence-corrected chi connectivity index (χ3v) is 4.32. The van der Waals surface area contributed by atoms with Gasteiger partial charge in [0.1, 0.15) is 11.5 Å². The number of anilines is 1. The highest BCUT2D eigenvalue weighted by atomic mass is 35.5. The van der Waals surface area contributed by atoms with Crippen LogP contribution in [0.15, 0.2) is 12.1 Å². The summed E-state index contributed by atoms with van der Waals surface area (Å²) in [4.78, 5) is 18.5. The molecule has 1 aliphatic rings. The van der Waals surface area contributed by atoms with Gasteiger partial charge < -0.3 is 15.6 Å². The number of hydrogen-bond acceptors (Lipinski definition) is 5. The Balaban J connectivity index is 2.05. The van der Waals surface area contributed by atoms with Crippen molar-refractivity contribution in [1.82, 2.24) is 15.2 Å². The number of pyridine rings is 1. The van der Waals surface area contributed by atoms with Gasteiger partial charge in [0.25, 0.3) is 5.91 Å². The van der Waals surface area contributed by atoms with Crippen molar-refractivity contribution >= 4 is 23.3 Å². The largest absolute Gasteiger partial charge is 0.349 e. The van der Waals surface area contributed by atoms with Crippen LogP contribution in [0.2, 0.25) is 5.02 Å². The summed E-state index contributed by atoms with van der Waals surface area (Å²) >= 11 is 6.01. The van der Waals surface area contributed by atoms with Crippen LogP contribution in [0.4, 0.5) is 5.82 Å². The highest BCUT2D eigenvalue weighted by Crippen LogP contribution is 2.35. The molecule has 2 rings (SSSR count). The van der Waals surface area contributed by atoms with E-state index in [1.165, 1.54) is 6.42 Å². The zero-order valence-electron chi connectivity index (χ0n) is 11.7. The first-order valence-corrected chi connectivity index (χ1v) is 6.95. The molecule has 0 unspecified atom stereocenters. The summed E-state index contributed by atoms with van der Waals surface area (Å²) in [6.45, 7) is 0.594. The Morgan fingerprint density at radius 3 is 2.70 bits per heavy atom. The summed E-state index contributed by atoms with van der Waals surface area (Å²) in [5.74, 6) is 5.42. The number of carbonyl (C=O) groups excluding carboxylic acids is 1. The first kappa shape index (κ1) is 15.0. The summed E-state index contributed by atoms with van der Waals surface area (Å²) in [6, 6.07) is 3.22. The third-order valence-electron chi connectivity index (χ3n) is 4.02. The normalized spacial score (nSPS) is 16.6. The standard InChI is InChI=1S/C13H20ClN5O/c1-19(2)13(6-3-7-13)8-16-12(20)11-9(14)4-5-10(17-11)18-15/h4-5H,3,6-8,15H2,1-2H3,(H,16,20)(H,17,18). The molecule has 1 fully saturated rings. The van der Waals surface area contributed by atoms with Gasteiger partial charge in [-0.15, -0.1) is 0 Å². The third kappa shape index (κ3) is 2.87. The first-order valence-electron chi connectivity index (χ1n) is 6.57. The molecule has 1 aromatic rings. The fourth-order valence-corrected chi connectivity index (χ4v) is 2.57. The number of carbonyl (C=O) groups is 1. The van der Waals surface area contributed by atoms with Gasteiger partial charge in [0.2, 0.25) is 0 Å². The number of likely N-dealkylation sites (N-methyl/N-ethyl adjacent to an activating group) is 1. The summed E-state index contributed by atoms with van der Waals surface area (Å²) in [7, 11) is 4.07. The summed E-state index contributed by atoms with van der Waals surface area (Å²) in [5, 5.41) is 3.23. The Morgan fingerprint density at radius 1 is 1.50 bits per heavy atom. The molecule has 6 nitrogen and oxygen atoms in total. The van der Waals surface area contributed by atoms with Gasteiger partial charge in [-0.1, -0.05) is 11.6 Å². The van der Waals surface area contributed by atoms with E-state index in [2.05, 4.69) is 20.6 Å². The van der Waals surface area contributed by atoms with Gasteiger partial charge in [0.05, 0.1) is 5.02 Å². The Morgan fingerprint density at radius 2 is 2.20 bits per heavy atom. The maximum Gasteiger partial charge on any atom is 0.271 e. The molecule has 0 spiro atoms. The average Bonchev–Trinajstić information content (AvgIpc) is 2.37. The minimum Gasteiger partial charge on any atom is -0.349 e. The highest BCUT2D eigenvalue weighted by molar-refractivity contribution is 6.33. The number of nitrogens with one attached hydrogen (secondary N) is 2. The molecule has 1 amide bonds. The Bertz CT molecular complexity index is 502. The van der Waals surface area contributed by atoms with E-state index >= 15 is 0 Å². The molecule has 4 N–H and O–H groups in total. The van der Waals surface area contributed by atoms with Crippen molar-refractivity contribution in [2.24, 2.45) is 5.84 Å². The first-order chi connectivity index (χ1) is 9.48. The molecule has 1 aromatic heterocycles. The minimum absolute atomic E-state index is 0.0614. The van der Waals surface area contributed by atoms with Gasteiger partial charge >= 0.3 is 0 Å². The minimum atomic E-state index is -0.278. The second kappa shape index (κ2) is 5.95. The van der Waals surface area contributed by atoms with Crippen LogP contribution in [0.3, 0.4) is 0 Å². The predicted octanol–water partition coefficient (Wildman–Crippen LogP) is 1.23. The number of amides is 1. The average molecular weight is 298 g/mol. The van der Waals surface area contributed by atoms with Crippen LogP contribution < -0.4 is 16.6 Å². The van der Waals surface area contributed by atoms with Crippen molar-refractivity contribution in [1.29, 1.82) is 0 Å². The van der Waals surface area contributed by atoms with E-state index in [9.17, 15) is 4.79 Å². The number of nitrogens with zero attached hydrogens (tertiary/aromatic N) is 2. The molecule has 0 aliphatic heterocycles. The zero-order chi connectivity index (χ0) is 14.8. The maximum atomic E-state index is 12.2. The van der Waals surface area contributed by atoms with Crippen molar-refractivity contribution < 1.29 is 4.79 Å². The Hall–Kier alpha value is -1.37. The van der Waals surface area contributed by atoms with Gasteiger partial charge in [0, 0.05) is 12.1 Å². The van der Waals surface area contributed by atoms with Crippen LogP contribution in [-0.4, -0.2) is 42.0 Å². The summed E-state index contributed by atoms with van der Waals surface area (Å²) in [5.41, 5.74) is 2.66. The van der Waals surface area contributed by atoms with E-state index in [0.29, 0.717) is 17.4 Å². The lowest BCUT2D eigenvalue weighted by Crippen LogP contribution is -2.57. The topological polar surface area (TPSA) is 83.3 Å². The second-order valence-corrected chi connectivity index (χ2v) is 5.73. The predicted molar refractivity (Wildman–Crippen MR) is 79.7 cm³/mol. The zero-order valence-corrected chi connectivity index (χ0v) is 12.5. The lowest BCUT2D eigenvalue weighted by Gasteiger charge is -2.47. The smallest absolute Gasteiger partial charge is 0.271 e. The number of nitrogen functional groups attached to an aromatic ring is 1. The fourth-order valence-electron chi connectivity index (χ4n) is 2.38. The van der Waals surface area contributed by atoms with Crippen LogP contribution in [0.5, 0.6) is 0 Å². The van der Waals surface area contributed by atoms with Crippen LogP contribution in [0, 0.1) is 0 Å². The van der Waals surface area contributed by atoms with E-state index in [4.69, 9.17) is 17.4 Å². The maximum absolute atomic E-state index is 12.2. The number of hydrazine groups is 1. The SMILES string of the molecule is CN(C)C1(CNC(=O)c2nc(NN)ccc2Cl)CCC1. The van der Waals surface area contributed by atoms with Crippen molar-refractivity contribution in [3.63, 3.8) is 0 Å². The van der Waals surface area contributed by atoms with Crippen molar-refractivity contribution in [3.05, 3.63) is 22.8 Å². The van der Waals surface area contributed by atoms with E-state index in [0.717, 1.165) is 12.8 Å². The van der Waals surface area contributed by atoms with Crippen molar-refractivity contribution in [3.8, 4) is 0 Å². The number of nitrogens with two attached hydrogens (primary N) is 1. The Kier molecular flexibility index (Phi) is 4.47. The summed E-state index contributed by atoms with van der Waals surface area (Å²) < 4.78 is 0. The molecule has 0 bridgehead atoms. The van der Waals surface area contributed by atoms with E-state index < -0.39 is 0 Å². The van der Waals surface area contributed by atoms with Crippen molar-refractivity contribution in [2.75, 3.05) is 26.1 Å². The van der Waals surface area contributed by atoms with E-state index in [1.54, 1.807) is 12.1 Å². The van der Waals surface area contributed by atoms with Crippen LogP contribution in [-0.2, 0) is 0 Å². The van der Waals surface area contributed by atoms with Gasteiger partial charge in [-0.3, -0.25) is 4.79 Å². The molecule has 0 atom stereocenters. The highest BCUT2D eigenvalue weighted by Gasteiger charge is 2.39. The molecule has 0 saturated heterocycles. The number of halogens is 1. The lowest BCUT2D eigenvalue weighted by atomic mass is 9.75. The molecular formula is C13H20ClN5O.